The molecule has 2 N–H and O–H groups in total. The van der Waals surface area contributed by atoms with Crippen molar-refractivity contribution in [1.82, 2.24) is 19.9 Å². The molecule has 0 bridgehead atoms. The van der Waals surface area contributed by atoms with Gasteiger partial charge in [0.05, 0.1) is 35.1 Å². The van der Waals surface area contributed by atoms with Gasteiger partial charge in [-0.3, -0.25) is 4.79 Å². The summed E-state index contributed by atoms with van der Waals surface area (Å²) in [6.45, 7) is 3.51. The number of carbonyl (C=O) groups is 1. The van der Waals surface area contributed by atoms with E-state index in [1.54, 1.807) is 39.1 Å². The summed E-state index contributed by atoms with van der Waals surface area (Å²) in [5, 5.41) is 13.5. The largest absolute Gasteiger partial charge is 0.495 e. The van der Waals surface area contributed by atoms with Gasteiger partial charge in [0.2, 0.25) is 5.95 Å². The van der Waals surface area contributed by atoms with E-state index in [0.29, 0.717) is 46.7 Å². The fourth-order valence-electron chi connectivity index (χ4n) is 4.19. The number of hydrogen-bond acceptors (Lipinski definition) is 7. The van der Waals surface area contributed by atoms with Crippen molar-refractivity contribution in [2.75, 3.05) is 19.5 Å². The van der Waals surface area contributed by atoms with Gasteiger partial charge in [-0.1, -0.05) is 0 Å². The Bertz CT molecular complexity index is 1270. The molecular formula is C23H24N6O3. The van der Waals surface area contributed by atoms with Gasteiger partial charge in [-0.05, 0) is 32.8 Å². The van der Waals surface area contributed by atoms with Crippen molar-refractivity contribution in [3.63, 3.8) is 0 Å². The Balaban J connectivity index is 1.57. The number of nitrogens with zero attached hydrogens (tertiary/aromatic N) is 4. The predicted octanol–water partition coefficient (Wildman–Crippen LogP) is 3.42. The normalized spacial score (nSPS) is 20.1. The molecule has 9 nitrogen and oxygen atoms in total. The van der Waals surface area contributed by atoms with Crippen LogP contribution in [0.5, 0.6) is 0 Å². The molecule has 5 rings (SSSR count). The minimum Gasteiger partial charge on any atom is -0.495 e. The van der Waals surface area contributed by atoms with Gasteiger partial charge in [-0.2, -0.15) is 10.2 Å². The van der Waals surface area contributed by atoms with Crippen LogP contribution in [0.3, 0.4) is 0 Å². The molecule has 1 amide bonds. The maximum atomic E-state index is 12.6. The molecule has 0 unspecified atom stereocenters. The highest BCUT2D eigenvalue weighted by atomic mass is 16.5. The number of likely N-dealkylation sites (N-methyl/N-ethyl adjacent to an activating group) is 1. The second-order valence-corrected chi connectivity index (χ2v) is 8.69. The fourth-order valence-corrected chi connectivity index (χ4v) is 4.19. The molecule has 0 spiro atoms. The van der Waals surface area contributed by atoms with E-state index in [1.807, 2.05) is 12.2 Å². The molecule has 1 aliphatic heterocycles. The van der Waals surface area contributed by atoms with Crippen LogP contribution in [0.25, 0.3) is 11.0 Å². The third-order valence-corrected chi connectivity index (χ3v) is 6.01. The van der Waals surface area contributed by atoms with Crippen LogP contribution in [0.2, 0.25) is 0 Å². The van der Waals surface area contributed by atoms with E-state index in [-0.39, 0.29) is 5.91 Å². The number of anilines is 1. The van der Waals surface area contributed by atoms with E-state index in [0.717, 1.165) is 29.6 Å². The molecule has 2 aromatic heterocycles. The van der Waals surface area contributed by atoms with Gasteiger partial charge < -0.3 is 24.7 Å². The predicted molar refractivity (Wildman–Crippen MR) is 117 cm³/mol. The zero-order valence-corrected chi connectivity index (χ0v) is 18.4. The van der Waals surface area contributed by atoms with Crippen molar-refractivity contribution < 1.29 is 14.3 Å². The van der Waals surface area contributed by atoms with Gasteiger partial charge in [0.15, 0.2) is 5.60 Å². The number of amides is 1. The molecule has 2 aliphatic carbocycles. The minimum atomic E-state index is -0.973. The van der Waals surface area contributed by atoms with Crippen molar-refractivity contribution in [1.29, 1.82) is 5.26 Å². The Morgan fingerprint density at radius 1 is 1.38 bits per heavy atom. The highest BCUT2D eigenvalue weighted by molar-refractivity contribution is 5.88. The molecule has 1 fully saturated rings. The number of H-pyrrole nitrogens is 1. The van der Waals surface area contributed by atoms with Crippen molar-refractivity contribution in [2.24, 2.45) is 0 Å². The van der Waals surface area contributed by atoms with Crippen molar-refractivity contribution in [3.8, 4) is 6.07 Å². The first-order valence-corrected chi connectivity index (χ1v) is 10.5. The molecule has 0 atom stereocenters. The zero-order chi connectivity index (χ0) is 22.6. The molecule has 0 aromatic carbocycles. The maximum absolute atomic E-state index is 12.6. The van der Waals surface area contributed by atoms with E-state index in [4.69, 9.17) is 14.5 Å². The standard InChI is InChI=1S/C23H24N6O3/c1-23(2)21(30)29(3)15-7-8-16(31-4)14(9-17(15)32-23)26-22-27-19(12-5-6-12)18-13(10-24)11-25-20(18)28-22/h8-9,11-12H,5-7H2,1-4H3,(H2,25,26,27,28). The number of fused-ring (bicyclic) bond motifs is 1. The first-order valence-electron chi connectivity index (χ1n) is 10.5. The molecule has 0 radical (unpaired) electrons. The number of nitriles is 1. The van der Waals surface area contributed by atoms with Gasteiger partial charge in [0.25, 0.3) is 5.91 Å². The summed E-state index contributed by atoms with van der Waals surface area (Å²) >= 11 is 0. The number of methoxy groups -OCH3 is 1. The Hall–Kier alpha value is -3.80. The maximum Gasteiger partial charge on any atom is 0.270 e. The van der Waals surface area contributed by atoms with E-state index in [1.165, 1.54) is 0 Å². The van der Waals surface area contributed by atoms with E-state index < -0.39 is 5.60 Å². The van der Waals surface area contributed by atoms with Gasteiger partial charge >= 0.3 is 0 Å². The number of aromatic amines is 1. The number of hydrogen-bond donors (Lipinski definition) is 2. The highest BCUT2D eigenvalue weighted by Crippen LogP contribution is 2.43. The summed E-state index contributed by atoms with van der Waals surface area (Å²) in [5.74, 6) is 1.83. The third kappa shape index (κ3) is 3.19. The molecule has 3 aliphatic rings. The molecule has 2 aromatic rings. The lowest BCUT2D eigenvalue weighted by Gasteiger charge is -2.37. The number of aromatic nitrogens is 3. The molecule has 0 saturated heterocycles. The van der Waals surface area contributed by atoms with Crippen LogP contribution in [-0.2, 0) is 14.3 Å². The monoisotopic (exact) mass is 432 g/mol. The second-order valence-electron chi connectivity index (χ2n) is 8.69. The van der Waals surface area contributed by atoms with Gasteiger partial charge in [-0.25, -0.2) is 4.98 Å². The summed E-state index contributed by atoms with van der Waals surface area (Å²) in [5.41, 5.74) is 2.48. The quantitative estimate of drug-likeness (QED) is 0.760. The van der Waals surface area contributed by atoms with Crippen LogP contribution in [0.4, 0.5) is 5.95 Å². The van der Waals surface area contributed by atoms with Gasteiger partial charge in [0.1, 0.15) is 23.2 Å². The Labute approximate surface area is 185 Å². The van der Waals surface area contributed by atoms with Crippen molar-refractivity contribution >= 4 is 22.9 Å². The fraction of sp³-hybridized carbons (Fsp3) is 0.391. The number of rotatable bonds is 4. The number of nitrogens with one attached hydrogen (secondary N) is 2. The Morgan fingerprint density at radius 3 is 2.84 bits per heavy atom. The number of allylic oxidation sites excluding steroid dienone is 2. The van der Waals surface area contributed by atoms with Crippen LogP contribution in [0, 0.1) is 11.3 Å². The average Bonchev–Trinajstić information content (AvgIpc) is 3.55. The van der Waals surface area contributed by atoms with Crippen LogP contribution in [0.1, 0.15) is 50.3 Å². The van der Waals surface area contributed by atoms with Crippen LogP contribution in [0.15, 0.2) is 41.3 Å². The molecule has 3 heterocycles. The summed E-state index contributed by atoms with van der Waals surface area (Å²) < 4.78 is 11.7. The molecule has 32 heavy (non-hydrogen) atoms. The Kier molecular flexibility index (Phi) is 4.48. The average molecular weight is 432 g/mol. The smallest absolute Gasteiger partial charge is 0.270 e. The zero-order valence-electron chi connectivity index (χ0n) is 18.4. The molecule has 9 heteroatoms. The highest BCUT2D eigenvalue weighted by Gasteiger charge is 2.40. The van der Waals surface area contributed by atoms with Gasteiger partial charge in [0, 0.05) is 31.7 Å². The second kappa shape index (κ2) is 7.12. The summed E-state index contributed by atoms with van der Waals surface area (Å²) in [4.78, 5) is 26.7. The number of carbonyl (C=O) groups excluding carboxylic acids is 1. The first kappa shape index (κ1) is 20.1. The van der Waals surface area contributed by atoms with Crippen molar-refractivity contribution in [3.05, 3.63) is 52.5 Å². The summed E-state index contributed by atoms with van der Waals surface area (Å²) in [7, 11) is 3.35. The summed E-state index contributed by atoms with van der Waals surface area (Å²) in [6.07, 6.45) is 7.97. The number of ether oxygens (including phenoxy) is 2. The third-order valence-electron chi connectivity index (χ3n) is 6.01. The molecule has 164 valence electrons. The van der Waals surface area contributed by atoms with Crippen LogP contribution < -0.4 is 5.32 Å². The van der Waals surface area contributed by atoms with E-state index >= 15 is 0 Å². The molecular weight excluding hydrogens is 408 g/mol. The lowest BCUT2D eigenvalue weighted by Crippen LogP contribution is -2.48. The lowest BCUT2D eigenvalue weighted by molar-refractivity contribution is -0.150. The minimum absolute atomic E-state index is 0.101. The van der Waals surface area contributed by atoms with Crippen molar-refractivity contribution in [2.45, 2.75) is 44.6 Å². The Morgan fingerprint density at radius 2 is 2.16 bits per heavy atom. The van der Waals surface area contributed by atoms with Crippen LogP contribution >= 0.6 is 0 Å². The van der Waals surface area contributed by atoms with E-state index in [2.05, 4.69) is 21.4 Å². The topological polar surface area (TPSA) is 116 Å². The lowest BCUT2D eigenvalue weighted by atomic mass is 10.0. The van der Waals surface area contributed by atoms with Crippen LogP contribution in [-0.4, -0.2) is 45.5 Å². The van der Waals surface area contributed by atoms with Gasteiger partial charge in [-0.15, -0.1) is 0 Å². The van der Waals surface area contributed by atoms with E-state index in [9.17, 15) is 10.1 Å². The summed E-state index contributed by atoms with van der Waals surface area (Å²) in [6, 6.07) is 2.22. The SMILES string of the molecule is COC1=CCC2=C(C=C1Nc1nc(C3CC3)c3c(C#N)c[nH]c3n1)OC(C)(C)C(=O)N2C. The first-order chi connectivity index (χ1) is 15.3. The molecule has 1 saturated carbocycles.